The molecule has 0 N–H and O–H groups in total. The monoisotopic (exact) mass is 278 g/mol. The zero-order valence-electron chi connectivity index (χ0n) is 10.5. The summed E-state index contributed by atoms with van der Waals surface area (Å²) in [6.45, 7) is 0. The van der Waals surface area contributed by atoms with Gasteiger partial charge in [-0.15, -0.1) is 0 Å². The van der Waals surface area contributed by atoms with E-state index < -0.39 is 0 Å². The topological polar surface area (TPSA) is 43.1 Å². The van der Waals surface area contributed by atoms with Gasteiger partial charge in [0, 0.05) is 23.5 Å². The van der Waals surface area contributed by atoms with E-state index >= 15 is 0 Å². The van der Waals surface area contributed by atoms with Crippen molar-refractivity contribution in [3.05, 3.63) is 61.1 Å². The third-order valence-electron chi connectivity index (χ3n) is 3.06. The van der Waals surface area contributed by atoms with E-state index in [1.165, 1.54) is 0 Å². The van der Waals surface area contributed by atoms with Gasteiger partial charge >= 0.3 is 0 Å². The van der Waals surface area contributed by atoms with E-state index in [1.54, 1.807) is 17.5 Å². The van der Waals surface area contributed by atoms with E-state index in [4.69, 9.17) is 0 Å². The summed E-state index contributed by atoms with van der Waals surface area (Å²) in [5, 5.41) is 5.64. The first-order chi connectivity index (χ1) is 9.92. The molecule has 3 heterocycles. The lowest BCUT2D eigenvalue weighted by Crippen LogP contribution is -1.89. The van der Waals surface area contributed by atoms with Crippen LogP contribution in [0.1, 0.15) is 0 Å². The molecule has 5 heteroatoms. The fraction of sp³-hybridized carbons (Fsp3) is 0. The molecule has 0 spiro atoms. The van der Waals surface area contributed by atoms with E-state index in [0.717, 1.165) is 26.8 Å². The first-order valence-corrected chi connectivity index (χ1v) is 7.04. The molecule has 96 valence electrons. The van der Waals surface area contributed by atoms with Gasteiger partial charge in [-0.25, -0.2) is 9.50 Å². The van der Waals surface area contributed by atoms with Crippen LogP contribution in [0.2, 0.25) is 0 Å². The molecule has 0 saturated heterocycles. The average molecular weight is 278 g/mol. The lowest BCUT2D eigenvalue weighted by Gasteiger charge is -1.97. The number of nitrogens with zero attached hydrogens (tertiary/aromatic N) is 4. The first kappa shape index (κ1) is 11.3. The standard InChI is InChI=1S/C15H10N4S/c1-2-5-11(6-3-1)14-18-19-13(10-17-15(19)20-14)12-7-4-8-16-9-12/h1-10H. The van der Waals surface area contributed by atoms with Gasteiger partial charge < -0.3 is 0 Å². The number of fused-ring (bicyclic) bond motifs is 1. The molecule has 0 unspecified atom stereocenters. The lowest BCUT2D eigenvalue weighted by atomic mass is 10.2. The highest BCUT2D eigenvalue weighted by Crippen LogP contribution is 2.28. The van der Waals surface area contributed by atoms with E-state index in [-0.39, 0.29) is 0 Å². The van der Waals surface area contributed by atoms with Crippen molar-refractivity contribution < 1.29 is 0 Å². The lowest BCUT2D eigenvalue weighted by molar-refractivity contribution is 0.984. The molecule has 0 fully saturated rings. The highest BCUT2D eigenvalue weighted by molar-refractivity contribution is 7.19. The number of hydrogen-bond acceptors (Lipinski definition) is 4. The first-order valence-electron chi connectivity index (χ1n) is 6.22. The summed E-state index contributed by atoms with van der Waals surface area (Å²) in [5.41, 5.74) is 3.09. The van der Waals surface area contributed by atoms with Gasteiger partial charge in [-0.1, -0.05) is 41.7 Å². The molecule has 1 aromatic carbocycles. The molecule has 0 atom stereocenters. The Morgan fingerprint density at radius 3 is 2.55 bits per heavy atom. The second-order valence-electron chi connectivity index (χ2n) is 4.35. The zero-order chi connectivity index (χ0) is 13.4. The van der Waals surface area contributed by atoms with Crippen LogP contribution in [-0.2, 0) is 0 Å². The van der Waals surface area contributed by atoms with Gasteiger partial charge in [0.1, 0.15) is 5.01 Å². The van der Waals surface area contributed by atoms with Gasteiger partial charge in [0.05, 0.1) is 11.9 Å². The maximum Gasteiger partial charge on any atom is 0.213 e. The van der Waals surface area contributed by atoms with Crippen LogP contribution < -0.4 is 0 Å². The minimum absolute atomic E-state index is 0.891. The normalized spacial score (nSPS) is 11.0. The van der Waals surface area contributed by atoms with Crippen LogP contribution in [0.4, 0.5) is 0 Å². The molecule has 0 aliphatic heterocycles. The summed E-state index contributed by atoms with van der Waals surface area (Å²) in [6, 6.07) is 14.1. The predicted octanol–water partition coefficient (Wildman–Crippen LogP) is 3.52. The Labute approximate surface area is 119 Å². The second kappa shape index (κ2) is 4.54. The molecule has 4 rings (SSSR count). The summed E-state index contributed by atoms with van der Waals surface area (Å²) in [7, 11) is 0. The molecule has 4 aromatic rings. The second-order valence-corrected chi connectivity index (χ2v) is 5.31. The van der Waals surface area contributed by atoms with E-state index in [9.17, 15) is 0 Å². The van der Waals surface area contributed by atoms with Gasteiger partial charge in [-0.05, 0) is 12.1 Å². The van der Waals surface area contributed by atoms with Crippen LogP contribution in [0.25, 0.3) is 26.8 Å². The number of benzene rings is 1. The van der Waals surface area contributed by atoms with Crippen LogP contribution in [0.3, 0.4) is 0 Å². The van der Waals surface area contributed by atoms with Crippen molar-refractivity contribution >= 4 is 16.3 Å². The molecule has 0 aliphatic rings. The van der Waals surface area contributed by atoms with Crippen LogP contribution in [0.5, 0.6) is 0 Å². The van der Waals surface area contributed by atoms with Crippen molar-refractivity contribution in [1.82, 2.24) is 19.6 Å². The van der Waals surface area contributed by atoms with Crippen LogP contribution in [-0.4, -0.2) is 19.6 Å². The molecule has 3 aromatic heterocycles. The minimum Gasteiger partial charge on any atom is -0.264 e. The average Bonchev–Trinajstić information content (AvgIpc) is 3.09. The fourth-order valence-corrected chi connectivity index (χ4v) is 2.98. The van der Waals surface area contributed by atoms with Crippen molar-refractivity contribution in [3.63, 3.8) is 0 Å². The summed E-state index contributed by atoms with van der Waals surface area (Å²) in [5.74, 6) is 0. The Hall–Kier alpha value is -2.53. The van der Waals surface area contributed by atoms with Gasteiger partial charge in [0.15, 0.2) is 0 Å². The van der Waals surface area contributed by atoms with Crippen LogP contribution >= 0.6 is 11.3 Å². The highest BCUT2D eigenvalue weighted by atomic mass is 32.1. The molecule has 20 heavy (non-hydrogen) atoms. The van der Waals surface area contributed by atoms with Crippen molar-refractivity contribution in [2.75, 3.05) is 0 Å². The smallest absolute Gasteiger partial charge is 0.213 e. The largest absolute Gasteiger partial charge is 0.264 e. The van der Waals surface area contributed by atoms with Crippen molar-refractivity contribution in [2.24, 2.45) is 0 Å². The maximum absolute atomic E-state index is 4.66. The third-order valence-corrected chi connectivity index (χ3v) is 4.04. The molecule has 0 radical (unpaired) electrons. The SMILES string of the molecule is c1ccc(-c2nn3c(-c4cccnc4)cnc3s2)cc1. The summed E-state index contributed by atoms with van der Waals surface area (Å²) >= 11 is 1.59. The van der Waals surface area contributed by atoms with E-state index in [0.29, 0.717) is 0 Å². The number of pyridine rings is 1. The Morgan fingerprint density at radius 2 is 1.75 bits per heavy atom. The van der Waals surface area contributed by atoms with Gasteiger partial charge in [0.2, 0.25) is 4.96 Å². The fourth-order valence-electron chi connectivity index (χ4n) is 2.10. The molecule has 4 nitrogen and oxygen atoms in total. The van der Waals surface area contributed by atoms with Crippen LogP contribution in [0.15, 0.2) is 61.1 Å². The number of hydrogen-bond donors (Lipinski definition) is 0. The van der Waals surface area contributed by atoms with Crippen molar-refractivity contribution in [3.8, 4) is 21.8 Å². The third kappa shape index (κ3) is 1.80. The van der Waals surface area contributed by atoms with Crippen LogP contribution in [0, 0.1) is 0 Å². The summed E-state index contributed by atoms with van der Waals surface area (Å²) in [4.78, 5) is 9.47. The Kier molecular flexibility index (Phi) is 2.57. The Bertz CT molecular complexity index is 849. The predicted molar refractivity (Wildman–Crippen MR) is 79.5 cm³/mol. The maximum atomic E-state index is 4.66. The van der Waals surface area contributed by atoms with E-state index in [2.05, 4.69) is 27.2 Å². The number of rotatable bonds is 2. The minimum atomic E-state index is 0.891. The number of imidazole rings is 1. The van der Waals surface area contributed by atoms with Gasteiger partial charge in [0.25, 0.3) is 0 Å². The highest BCUT2D eigenvalue weighted by Gasteiger charge is 2.12. The van der Waals surface area contributed by atoms with Gasteiger partial charge in [-0.3, -0.25) is 4.98 Å². The van der Waals surface area contributed by atoms with Crippen molar-refractivity contribution in [2.45, 2.75) is 0 Å². The van der Waals surface area contributed by atoms with Gasteiger partial charge in [-0.2, -0.15) is 5.10 Å². The van der Waals surface area contributed by atoms with E-state index in [1.807, 2.05) is 47.2 Å². The molecule has 0 saturated carbocycles. The molecule has 0 bridgehead atoms. The molecular formula is C15H10N4S. The molecule has 0 amide bonds. The Morgan fingerprint density at radius 1 is 0.900 bits per heavy atom. The molecule has 0 aliphatic carbocycles. The quantitative estimate of drug-likeness (QED) is 0.563. The summed E-state index contributed by atoms with van der Waals surface area (Å²) in [6.07, 6.45) is 5.42. The van der Waals surface area contributed by atoms with Crippen molar-refractivity contribution in [1.29, 1.82) is 0 Å². The molecular weight excluding hydrogens is 268 g/mol. The Balaban J connectivity index is 1.88. The number of aromatic nitrogens is 4. The zero-order valence-corrected chi connectivity index (χ0v) is 11.3. The summed E-state index contributed by atoms with van der Waals surface area (Å²) < 4.78 is 1.88.